The molecule has 0 aliphatic carbocycles. The van der Waals surface area contributed by atoms with Crippen molar-refractivity contribution in [3.8, 4) is 0 Å². The molecule has 1 heterocycles. The molecule has 2 rings (SSSR count). The van der Waals surface area contributed by atoms with E-state index in [1.807, 2.05) is 0 Å². The van der Waals surface area contributed by atoms with Gasteiger partial charge in [0.05, 0.1) is 0 Å². The highest BCUT2D eigenvalue weighted by Crippen LogP contribution is 2.23. The Balaban J connectivity index is 2.17. The molecule has 1 saturated heterocycles. The number of halogens is 1. The van der Waals surface area contributed by atoms with Crippen LogP contribution in [0, 0.1) is 0 Å². The lowest BCUT2D eigenvalue weighted by molar-refractivity contribution is 0.576. The van der Waals surface area contributed by atoms with Crippen LogP contribution in [0.15, 0.2) is 24.3 Å². The highest BCUT2D eigenvalue weighted by atomic mass is 127. The van der Waals surface area contributed by atoms with Gasteiger partial charge in [-0.05, 0) is 30.9 Å². The summed E-state index contributed by atoms with van der Waals surface area (Å²) in [5.41, 5.74) is 2.83. The van der Waals surface area contributed by atoms with Gasteiger partial charge in [-0.15, -0.1) is 0 Å². The van der Waals surface area contributed by atoms with Crippen LogP contribution < -0.4 is 8.43 Å². The molecule has 3 heteroatoms. The molecule has 0 unspecified atom stereocenters. The summed E-state index contributed by atoms with van der Waals surface area (Å²) in [4.78, 5) is 2.52. The molecule has 1 aromatic carbocycles. The van der Waals surface area contributed by atoms with Crippen LogP contribution in [-0.4, -0.2) is 13.1 Å². The smallest absolute Gasteiger partial charge is 0.0412 e. The molecule has 1 aliphatic heterocycles. The van der Waals surface area contributed by atoms with Crippen molar-refractivity contribution in [2.45, 2.75) is 25.8 Å². The minimum Gasteiger partial charge on any atom is -0.371 e. The second-order valence-electron chi connectivity index (χ2n) is 3.99. The quantitative estimate of drug-likeness (QED) is 0.681. The number of anilines is 1. The van der Waals surface area contributed by atoms with Gasteiger partial charge in [0.25, 0.3) is 0 Å². The highest BCUT2D eigenvalue weighted by Gasteiger charge is 2.13. The van der Waals surface area contributed by atoms with Crippen molar-refractivity contribution in [1.82, 2.24) is 3.53 Å². The monoisotopic (exact) mass is 316 g/mol. The van der Waals surface area contributed by atoms with E-state index in [2.05, 4.69) is 55.6 Å². The normalized spacial score (nSPS) is 16.7. The van der Waals surface area contributed by atoms with E-state index >= 15 is 0 Å². The van der Waals surface area contributed by atoms with Gasteiger partial charge in [-0.25, -0.2) is 0 Å². The number of hydrogen-bond donors (Lipinski definition) is 1. The van der Waals surface area contributed by atoms with Gasteiger partial charge in [0, 0.05) is 48.2 Å². The topological polar surface area (TPSA) is 15.3 Å². The fraction of sp³-hybridized carbons (Fsp3) is 0.500. The van der Waals surface area contributed by atoms with E-state index in [9.17, 15) is 0 Å². The number of piperidine rings is 1. The van der Waals surface area contributed by atoms with Crippen LogP contribution >= 0.6 is 22.9 Å². The van der Waals surface area contributed by atoms with Gasteiger partial charge in [-0.1, -0.05) is 18.2 Å². The third-order valence-corrected chi connectivity index (χ3v) is 3.33. The van der Waals surface area contributed by atoms with Crippen molar-refractivity contribution in [2.24, 2.45) is 0 Å². The molecular weight excluding hydrogens is 299 g/mol. The van der Waals surface area contributed by atoms with Crippen LogP contribution in [0.3, 0.4) is 0 Å². The zero-order valence-corrected chi connectivity index (χ0v) is 11.0. The van der Waals surface area contributed by atoms with Crippen molar-refractivity contribution in [2.75, 3.05) is 18.0 Å². The molecule has 0 saturated carbocycles. The van der Waals surface area contributed by atoms with Gasteiger partial charge in [0.1, 0.15) is 0 Å². The number of nitrogens with zero attached hydrogens (tertiary/aromatic N) is 1. The molecule has 1 N–H and O–H groups in total. The minimum absolute atomic E-state index is 0.952. The number of benzene rings is 1. The molecule has 82 valence electrons. The van der Waals surface area contributed by atoms with Crippen molar-refractivity contribution < 1.29 is 0 Å². The molecule has 1 aromatic rings. The second kappa shape index (κ2) is 5.70. The maximum absolute atomic E-state index is 3.21. The SMILES string of the molecule is INCc1ccccc1N1CCCCC1. The molecule has 0 spiro atoms. The summed E-state index contributed by atoms with van der Waals surface area (Å²) in [5.74, 6) is 0. The summed E-state index contributed by atoms with van der Waals surface area (Å²) >= 11 is 2.21. The Morgan fingerprint density at radius 2 is 1.87 bits per heavy atom. The number of rotatable bonds is 3. The Morgan fingerprint density at radius 1 is 1.13 bits per heavy atom. The van der Waals surface area contributed by atoms with Crippen LogP contribution in [0.2, 0.25) is 0 Å². The highest BCUT2D eigenvalue weighted by molar-refractivity contribution is 14.1. The zero-order chi connectivity index (χ0) is 10.5. The van der Waals surface area contributed by atoms with Crippen LogP contribution in [-0.2, 0) is 6.54 Å². The first-order valence-corrected chi connectivity index (χ1v) is 6.66. The number of para-hydroxylation sites is 1. The molecule has 1 aliphatic rings. The maximum atomic E-state index is 3.21. The van der Waals surface area contributed by atoms with Crippen molar-refractivity contribution in [3.05, 3.63) is 29.8 Å². The summed E-state index contributed by atoms with van der Waals surface area (Å²) in [5, 5.41) is 0. The predicted octanol–water partition coefficient (Wildman–Crippen LogP) is 3.12. The average molecular weight is 316 g/mol. The van der Waals surface area contributed by atoms with Crippen LogP contribution in [0.5, 0.6) is 0 Å². The minimum atomic E-state index is 0.952. The van der Waals surface area contributed by atoms with Crippen LogP contribution in [0.1, 0.15) is 24.8 Å². The molecule has 2 nitrogen and oxygen atoms in total. The summed E-state index contributed by atoms with van der Waals surface area (Å²) in [6.45, 7) is 3.39. The fourth-order valence-electron chi connectivity index (χ4n) is 2.18. The van der Waals surface area contributed by atoms with Crippen molar-refractivity contribution in [3.63, 3.8) is 0 Å². The lowest BCUT2D eigenvalue weighted by Gasteiger charge is -2.30. The number of nitrogens with one attached hydrogen (secondary N) is 1. The van der Waals surface area contributed by atoms with E-state index in [-0.39, 0.29) is 0 Å². The second-order valence-corrected chi connectivity index (χ2v) is 4.75. The predicted molar refractivity (Wildman–Crippen MR) is 73.4 cm³/mol. The van der Waals surface area contributed by atoms with E-state index in [1.54, 1.807) is 0 Å². The van der Waals surface area contributed by atoms with E-state index in [1.165, 1.54) is 43.6 Å². The largest absolute Gasteiger partial charge is 0.371 e. The van der Waals surface area contributed by atoms with Gasteiger partial charge < -0.3 is 4.90 Å². The van der Waals surface area contributed by atoms with Gasteiger partial charge in [-0.3, -0.25) is 3.53 Å². The first-order valence-electron chi connectivity index (χ1n) is 5.58. The maximum Gasteiger partial charge on any atom is 0.0412 e. The Labute approximate surface area is 106 Å². The first kappa shape index (κ1) is 11.2. The van der Waals surface area contributed by atoms with Crippen molar-refractivity contribution >= 4 is 28.6 Å². The summed E-state index contributed by atoms with van der Waals surface area (Å²) in [6.07, 6.45) is 4.07. The Kier molecular flexibility index (Phi) is 4.26. The zero-order valence-electron chi connectivity index (χ0n) is 8.88. The van der Waals surface area contributed by atoms with Crippen LogP contribution in [0.4, 0.5) is 5.69 Å². The lowest BCUT2D eigenvalue weighted by Crippen LogP contribution is -2.30. The Bertz CT molecular complexity index is 308. The van der Waals surface area contributed by atoms with E-state index in [0.717, 1.165) is 6.54 Å². The van der Waals surface area contributed by atoms with Gasteiger partial charge in [-0.2, -0.15) is 0 Å². The molecule has 0 amide bonds. The first-order chi connectivity index (χ1) is 7.42. The summed E-state index contributed by atoms with van der Waals surface area (Å²) in [7, 11) is 0. The Hall–Kier alpha value is -0.290. The molecule has 0 aromatic heterocycles. The fourth-order valence-corrected chi connectivity index (χ4v) is 2.59. The molecule has 0 bridgehead atoms. The van der Waals surface area contributed by atoms with Gasteiger partial charge in [0.2, 0.25) is 0 Å². The lowest BCUT2D eigenvalue weighted by atomic mass is 10.1. The summed E-state index contributed by atoms with van der Waals surface area (Å²) < 4.78 is 3.21. The summed E-state index contributed by atoms with van der Waals surface area (Å²) in [6, 6.07) is 8.72. The third-order valence-electron chi connectivity index (χ3n) is 2.95. The molecule has 0 radical (unpaired) electrons. The van der Waals surface area contributed by atoms with E-state index < -0.39 is 0 Å². The van der Waals surface area contributed by atoms with Crippen molar-refractivity contribution in [1.29, 1.82) is 0 Å². The molecule has 1 fully saturated rings. The van der Waals surface area contributed by atoms with E-state index in [0.29, 0.717) is 0 Å². The van der Waals surface area contributed by atoms with Crippen LogP contribution in [0.25, 0.3) is 0 Å². The average Bonchev–Trinajstić information content (AvgIpc) is 2.31. The molecule has 0 atom stereocenters. The molecule has 15 heavy (non-hydrogen) atoms. The Morgan fingerprint density at radius 3 is 2.60 bits per heavy atom. The standard InChI is InChI=1S/C12H17IN2/c13-14-10-11-6-2-3-7-12(11)15-8-4-1-5-9-15/h2-3,6-7,14H,1,4-5,8-10H2. The molecular formula is C12H17IN2. The van der Waals surface area contributed by atoms with E-state index in [4.69, 9.17) is 0 Å². The van der Waals surface area contributed by atoms with Gasteiger partial charge >= 0.3 is 0 Å². The third kappa shape index (κ3) is 2.84. The van der Waals surface area contributed by atoms with Gasteiger partial charge in [0.15, 0.2) is 0 Å². The number of hydrogen-bond acceptors (Lipinski definition) is 2.